The molecule has 0 radical (unpaired) electrons. The molecular formula is C11H11F3N2O2. The molecular weight excluding hydrogens is 249 g/mol. The molecule has 4 nitrogen and oxygen atoms in total. The van der Waals surface area contributed by atoms with Crippen LogP contribution in [-0.2, 0) is 18.1 Å². The van der Waals surface area contributed by atoms with Crippen LogP contribution in [0.1, 0.15) is 5.56 Å². The molecule has 0 saturated carbocycles. The molecule has 98 valence electrons. The number of hydrogen-bond acceptors (Lipinski definition) is 3. The lowest BCUT2D eigenvalue weighted by atomic mass is 10.2. The Kier molecular flexibility index (Phi) is 3.53. The van der Waals surface area contributed by atoms with Crippen LogP contribution in [0, 0.1) is 0 Å². The number of fused-ring (bicyclic) bond motifs is 1. The van der Waals surface area contributed by atoms with Crippen LogP contribution in [0.4, 0.5) is 13.2 Å². The zero-order chi connectivity index (χ0) is 13.2. The van der Waals surface area contributed by atoms with Crippen molar-refractivity contribution in [1.82, 2.24) is 9.55 Å². The Morgan fingerprint density at radius 1 is 1.39 bits per heavy atom. The van der Waals surface area contributed by atoms with Gasteiger partial charge in [0, 0.05) is 23.3 Å². The van der Waals surface area contributed by atoms with Gasteiger partial charge >= 0.3 is 6.18 Å². The van der Waals surface area contributed by atoms with Crippen molar-refractivity contribution in [3.63, 3.8) is 0 Å². The molecule has 18 heavy (non-hydrogen) atoms. The number of ether oxygens (including phenoxy) is 1. The van der Waals surface area contributed by atoms with E-state index in [4.69, 9.17) is 5.11 Å². The molecule has 2 aromatic rings. The quantitative estimate of drug-likeness (QED) is 0.915. The highest BCUT2D eigenvalue weighted by molar-refractivity contribution is 5.80. The Hall–Kier alpha value is -1.60. The van der Waals surface area contributed by atoms with E-state index in [1.807, 2.05) is 0 Å². The summed E-state index contributed by atoms with van der Waals surface area (Å²) in [6.45, 7) is -1.77. The van der Waals surface area contributed by atoms with Gasteiger partial charge in [0.1, 0.15) is 19.0 Å². The summed E-state index contributed by atoms with van der Waals surface area (Å²) in [6, 6.07) is 3.44. The molecule has 0 bridgehead atoms. The van der Waals surface area contributed by atoms with Gasteiger partial charge in [0.05, 0.1) is 6.61 Å². The number of aliphatic hydroxyl groups excluding tert-OH is 1. The fourth-order valence-electron chi connectivity index (χ4n) is 1.68. The molecule has 2 heterocycles. The third-order valence-electron chi connectivity index (χ3n) is 2.38. The minimum Gasteiger partial charge on any atom is -0.392 e. The molecule has 7 heteroatoms. The van der Waals surface area contributed by atoms with E-state index in [1.165, 1.54) is 17.0 Å². The summed E-state index contributed by atoms with van der Waals surface area (Å²) >= 11 is 0. The number of halogens is 3. The lowest BCUT2D eigenvalue weighted by molar-refractivity contribution is -0.181. The molecule has 2 rings (SSSR count). The summed E-state index contributed by atoms with van der Waals surface area (Å²) in [5, 5.41) is 9.85. The highest BCUT2D eigenvalue weighted by Gasteiger charge is 2.27. The number of rotatable bonds is 4. The molecule has 0 aliphatic rings. The van der Waals surface area contributed by atoms with Crippen LogP contribution in [0.25, 0.3) is 11.0 Å². The maximum atomic E-state index is 12.0. The van der Waals surface area contributed by atoms with Gasteiger partial charge in [0.2, 0.25) is 0 Å². The van der Waals surface area contributed by atoms with Crippen LogP contribution < -0.4 is 0 Å². The maximum absolute atomic E-state index is 12.0. The van der Waals surface area contributed by atoms with Crippen molar-refractivity contribution in [2.75, 3.05) is 6.61 Å². The Morgan fingerprint density at radius 3 is 2.83 bits per heavy atom. The molecule has 0 saturated heterocycles. The third-order valence-corrected chi connectivity index (χ3v) is 2.38. The smallest absolute Gasteiger partial charge is 0.392 e. The van der Waals surface area contributed by atoms with Crippen molar-refractivity contribution in [2.45, 2.75) is 19.5 Å². The first-order chi connectivity index (χ1) is 8.51. The van der Waals surface area contributed by atoms with E-state index in [-0.39, 0.29) is 13.3 Å². The minimum absolute atomic E-state index is 0.200. The second-order valence-electron chi connectivity index (χ2n) is 3.75. The normalized spacial score (nSPS) is 12.2. The van der Waals surface area contributed by atoms with Crippen LogP contribution >= 0.6 is 0 Å². The highest BCUT2D eigenvalue weighted by Crippen LogP contribution is 2.20. The van der Waals surface area contributed by atoms with E-state index in [2.05, 4.69) is 9.72 Å². The van der Waals surface area contributed by atoms with Gasteiger partial charge < -0.3 is 14.4 Å². The summed E-state index contributed by atoms with van der Waals surface area (Å²) in [5.41, 5.74) is 1.09. The van der Waals surface area contributed by atoms with Gasteiger partial charge in [-0.05, 0) is 12.1 Å². The molecule has 0 unspecified atom stereocenters. The lowest BCUT2D eigenvalue weighted by Gasteiger charge is -2.08. The topological polar surface area (TPSA) is 47.3 Å². The molecule has 0 fully saturated rings. The molecule has 0 aromatic carbocycles. The fourth-order valence-corrected chi connectivity index (χ4v) is 1.68. The van der Waals surface area contributed by atoms with Gasteiger partial charge in [0.15, 0.2) is 0 Å². The van der Waals surface area contributed by atoms with Gasteiger partial charge in [-0.15, -0.1) is 0 Å². The summed E-state index contributed by atoms with van der Waals surface area (Å²) in [4.78, 5) is 4.06. The van der Waals surface area contributed by atoms with E-state index in [9.17, 15) is 13.2 Å². The van der Waals surface area contributed by atoms with Crippen molar-refractivity contribution in [3.8, 4) is 0 Å². The minimum atomic E-state index is -4.35. The zero-order valence-electron chi connectivity index (χ0n) is 9.31. The zero-order valence-corrected chi connectivity index (χ0v) is 9.31. The monoisotopic (exact) mass is 260 g/mol. The molecule has 0 amide bonds. The number of nitrogens with zero attached hydrogens (tertiary/aromatic N) is 2. The average Bonchev–Trinajstić information content (AvgIpc) is 2.66. The van der Waals surface area contributed by atoms with Gasteiger partial charge in [-0.1, -0.05) is 0 Å². The van der Waals surface area contributed by atoms with Gasteiger partial charge in [-0.3, -0.25) is 0 Å². The Labute approximate surface area is 101 Å². The van der Waals surface area contributed by atoms with Crippen LogP contribution in [0.15, 0.2) is 24.5 Å². The number of alkyl halides is 3. The Morgan fingerprint density at radius 2 is 2.17 bits per heavy atom. The van der Waals surface area contributed by atoms with E-state index in [0.29, 0.717) is 16.6 Å². The highest BCUT2D eigenvalue weighted by atomic mass is 19.4. The molecule has 0 spiro atoms. The van der Waals surface area contributed by atoms with Crippen LogP contribution in [-0.4, -0.2) is 27.4 Å². The second kappa shape index (κ2) is 4.95. The first-order valence-electron chi connectivity index (χ1n) is 5.19. The maximum Gasteiger partial charge on any atom is 0.411 e. The molecule has 0 atom stereocenters. The number of aromatic nitrogens is 2. The standard InChI is InChI=1S/C11H11F3N2O2/c12-11(13,14)6-18-7-16-4-8(5-17)9-2-1-3-15-10(9)16/h1-4,17H,5-7H2. The van der Waals surface area contributed by atoms with Crippen LogP contribution in [0.2, 0.25) is 0 Å². The van der Waals surface area contributed by atoms with Crippen molar-refractivity contribution >= 4 is 11.0 Å². The van der Waals surface area contributed by atoms with Gasteiger partial charge in [0.25, 0.3) is 0 Å². The SMILES string of the molecule is OCc1cn(COCC(F)(F)F)c2ncccc12. The number of aliphatic hydroxyl groups is 1. The van der Waals surface area contributed by atoms with E-state index in [1.54, 1.807) is 12.1 Å². The molecule has 0 aliphatic carbocycles. The van der Waals surface area contributed by atoms with E-state index >= 15 is 0 Å². The first-order valence-corrected chi connectivity index (χ1v) is 5.19. The summed E-state index contributed by atoms with van der Waals surface area (Å²) in [5.74, 6) is 0. The average molecular weight is 260 g/mol. The molecule has 0 aliphatic heterocycles. The number of pyridine rings is 1. The predicted octanol–water partition coefficient (Wildman–Crippen LogP) is 2.06. The van der Waals surface area contributed by atoms with E-state index in [0.717, 1.165) is 0 Å². The first kappa shape index (κ1) is 12.8. The summed E-state index contributed by atoms with van der Waals surface area (Å²) < 4.78 is 41.9. The molecule has 2 aromatic heterocycles. The lowest BCUT2D eigenvalue weighted by Crippen LogP contribution is -2.18. The van der Waals surface area contributed by atoms with E-state index < -0.39 is 12.8 Å². The van der Waals surface area contributed by atoms with Crippen LogP contribution in [0.3, 0.4) is 0 Å². The van der Waals surface area contributed by atoms with Crippen molar-refractivity contribution in [1.29, 1.82) is 0 Å². The second-order valence-corrected chi connectivity index (χ2v) is 3.75. The van der Waals surface area contributed by atoms with Gasteiger partial charge in [-0.2, -0.15) is 13.2 Å². The van der Waals surface area contributed by atoms with Crippen LogP contribution in [0.5, 0.6) is 0 Å². The molecule has 1 N–H and O–H groups in total. The van der Waals surface area contributed by atoms with Crippen molar-refractivity contribution in [2.24, 2.45) is 0 Å². The fraction of sp³-hybridized carbons (Fsp3) is 0.364. The predicted molar refractivity (Wildman–Crippen MR) is 57.7 cm³/mol. The van der Waals surface area contributed by atoms with Crippen molar-refractivity contribution in [3.05, 3.63) is 30.1 Å². The largest absolute Gasteiger partial charge is 0.411 e. The third kappa shape index (κ3) is 2.80. The number of hydrogen-bond donors (Lipinski definition) is 1. The van der Waals surface area contributed by atoms with Gasteiger partial charge in [-0.25, -0.2) is 4.98 Å². The Bertz CT molecular complexity index is 537. The van der Waals surface area contributed by atoms with Crippen molar-refractivity contribution < 1.29 is 23.0 Å². The Balaban J connectivity index is 2.18. The summed E-state index contributed by atoms with van der Waals surface area (Å²) in [6.07, 6.45) is -1.28. The summed E-state index contributed by atoms with van der Waals surface area (Å²) in [7, 11) is 0.